The molecule has 24 heavy (non-hydrogen) atoms. The van der Waals surface area contributed by atoms with E-state index in [0.29, 0.717) is 10.7 Å². The number of rotatable bonds is 6. The van der Waals surface area contributed by atoms with Gasteiger partial charge in [0.2, 0.25) is 15.9 Å². The molecule has 0 aliphatic heterocycles. The smallest absolute Gasteiger partial charge is 0.239 e. The van der Waals surface area contributed by atoms with E-state index in [1.54, 1.807) is 31.2 Å². The van der Waals surface area contributed by atoms with Crippen LogP contribution in [0.25, 0.3) is 0 Å². The van der Waals surface area contributed by atoms with Crippen molar-refractivity contribution in [3.05, 3.63) is 65.2 Å². The number of carbonyl (C=O) groups excluding carboxylic acids is 1. The average Bonchev–Trinajstić information content (AvgIpc) is 2.54. The summed E-state index contributed by atoms with van der Waals surface area (Å²) in [6.07, 6.45) is 1.09. The van der Waals surface area contributed by atoms with E-state index in [4.69, 9.17) is 11.6 Å². The lowest BCUT2D eigenvalue weighted by molar-refractivity contribution is -0.116. The Bertz CT molecular complexity index is 810. The van der Waals surface area contributed by atoms with Crippen molar-refractivity contribution in [3.8, 4) is 0 Å². The van der Waals surface area contributed by atoms with Gasteiger partial charge in [-0.2, -0.15) is 4.31 Å². The summed E-state index contributed by atoms with van der Waals surface area (Å²) in [5, 5.41) is 3.04. The molecule has 1 N–H and O–H groups in total. The number of anilines is 1. The molecule has 2 rings (SSSR count). The van der Waals surface area contributed by atoms with E-state index in [-0.39, 0.29) is 6.54 Å². The quantitative estimate of drug-likeness (QED) is 0.852. The monoisotopic (exact) mass is 366 g/mol. The van der Waals surface area contributed by atoms with Gasteiger partial charge >= 0.3 is 0 Å². The van der Waals surface area contributed by atoms with Crippen molar-refractivity contribution in [2.75, 3.05) is 18.1 Å². The Morgan fingerprint density at radius 1 is 1.12 bits per heavy atom. The first-order chi connectivity index (χ1) is 11.3. The van der Waals surface area contributed by atoms with E-state index in [2.05, 4.69) is 5.32 Å². The van der Waals surface area contributed by atoms with Gasteiger partial charge < -0.3 is 5.32 Å². The standard InChI is InChI=1S/C17H19ClN2O3S/c1-13(14-8-4-3-5-9-14)20(24(2,22)23)12-17(21)19-16-11-7-6-10-15(16)18/h3-11,13H,12H2,1-2H3,(H,19,21). The van der Waals surface area contributed by atoms with Crippen molar-refractivity contribution in [1.82, 2.24) is 4.31 Å². The van der Waals surface area contributed by atoms with Gasteiger partial charge in [-0.25, -0.2) is 8.42 Å². The number of nitrogens with zero attached hydrogens (tertiary/aromatic N) is 1. The second-order valence-electron chi connectivity index (χ2n) is 5.42. The van der Waals surface area contributed by atoms with Gasteiger partial charge in [-0.15, -0.1) is 0 Å². The second-order valence-corrected chi connectivity index (χ2v) is 7.77. The zero-order valence-electron chi connectivity index (χ0n) is 13.4. The van der Waals surface area contributed by atoms with Crippen LogP contribution in [0, 0.1) is 0 Å². The molecule has 1 unspecified atom stereocenters. The van der Waals surface area contributed by atoms with Crippen molar-refractivity contribution < 1.29 is 13.2 Å². The molecular formula is C17H19ClN2O3S. The van der Waals surface area contributed by atoms with Crippen LogP contribution < -0.4 is 5.32 Å². The third-order valence-electron chi connectivity index (χ3n) is 3.59. The molecule has 5 nitrogen and oxygen atoms in total. The van der Waals surface area contributed by atoms with Gasteiger partial charge in [-0.1, -0.05) is 54.1 Å². The van der Waals surface area contributed by atoms with Crippen LogP contribution in [0.4, 0.5) is 5.69 Å². The normalized spacial score (nSPS) is 12.8. The first-order valence-electron chi connectivity index (χ1n) is 7.35. The Balaban J connectivity index is 2.18. The molecule has 2 aromatic rings. The zero-order valence-corrected chi connectivity index (χ0v) is 15.0. The lowest BCUT2D eigenvalue weighted by atomic mass is 10.1. The maximum atomic E-state index is 12.3. The second kappa shape index (κ2) is 7.79. The van der Waals surface area contributed by atoms with Crippen LogP contribution in [-0.4, -0.2) is 31.4 Å². The van der Waals surface area contributed by atoms with E-state index < -0.39 is 22.0 Å². The molecule has 2 aromatic carbocycles. The number of hydrogen-bond acceptors (Lipinski definition) is 3. The maximum absolute atomic E-state index is 12.3. The van der Waals surface area contributed by atoms with Gasteiger partial charge in [-0.3, -0.25) is 4.79 Å². The topological polar surface area (TPSA) is 66.5 Å². The van der Waals surface area contributed by atoms with Crippen molar-refractivity contribution in [1.29, 1.82) is 0 Å². The molecule has 0 aliphatic carbocycles. The summed E-state index contributed by atoms with van der Waals surface area (Å²) in [5.41, 5.74) is 1.26. The van der Waals surface area contributed by atoms with Gasteiger partial charge in [0.15, 0.2) is 0 Å². The van der Waals surface area contributed by atoms with Gasteiger partial charge in [0.25, 0.3) is 0 Å². The first-order valence-corrected chi connectivity index (χ1v) is 9.58. The summed E-state index contributed by atoms with van der Waals surface area (Å²) in [6, 6.07) is 15.5. The fraction of sp³-hybridized carbons (Fsp3) is 0.235. The number of benzene rings is 2. The van der Waals surface area contributed by atoms with Crippen molar-refractivity contribution in [3.63, 3.8) is 0 Å². The highest BCUT2D eigenvalue weighted by Gasteiger charge is 2.27. The summed E-state index contributed by atoms with van der Waals surface area (Å²) in [5.74, 6) is -0.448. The average molecular weight is 367 g/mol. The van der Waals surface area contributed by atoms with E-state index in [1.807, 2.05) is 30.3 Å². The number of para-hydroxylation sites is 1. The molecule has 7 heteroatoms. The molecular weight excluding hydrogens is 348 g/mol. The van der Waals surface area contributed by atoms with Crippen molar-refractivity contribution >= 4 is 33.2 Å². The van der Waals surface area contributed by atoms with Gasteiger partial charge in [0, 0.05) is 6.04 Å². The zero-order chi connectivity index (χ0) is 17.7. The van der Waals surface area contributed by atoms with Crippen molar-refractivity contribution in [2.45, 2.75) is 13.0 Å². The molecule has 0 heterocycles. The van der Waals surface area contributed by atoms with E-state index in [9.17, 15) is 13.2 Å². The third kappa shape index (κ3) is 4.80. The molecule has 0 aliphatic rings. The minimum Gasteiger partial charge on any atom is -0.324 e. The van der Waals surface area contributed by atoms with Crippen LogP contribution in [0.1, 0.15) is 18.5 Å². The third-order valence-corrected chi connectivity index (χ3v) is 5.21. The highest BCUT2D eigenvalue weighted by molar-refractivity contribution is 7.88. The number of carbonyl (C=O) groups is 1. The summed E-state index contributed by atoms with van der Waals surface area (Å²) in [6.45, 7) is 1.46. The van der Waals surface area contributed by atoms with Crippen LogP contribution in [-0.2, 0) is 14.8 Å². The van der Waals surface area contributed by atoms with Crippen LogP contribution >= 0.6 is 11.6 Å². The maximum Gasteiger partial charge on any atom is 0.239 e. The Kier molecular flexibility index (Phi) is 5.99. The van der Waals surface area contributed by atoms with Crippen molar-refractivity contribution in [2.24, 2.45) is 0 Å². The molecule has 0 fully saturated rings. The first kappa shape index (κ1) is 18.4. The van der Waals surface area contributed by atoms with E-state index in [0.717, 1.165) is 16.1 Å². The lowest BCUT2D eigenvalue weighted by Crippen LogP contribution is -2.39. The van der Waals surface area contributed by atoms with Gasteiger partial charge in [-0.05, 0) is 24.6 Å². The number of hydrogen-bond donors (Lipinski definition) is 1. The predicted octanol–water partition coefficient (Wildman–Crippen LogP) is 3.30. The molecule has 1 atom stereocenters. The van der Waals surface area contributed by atoms with E-state index >= 15 is 0 Å². The van der Waals surface area contributed by atoms with E-state index in [1.165, 1.54) is 0 Å². The minimum absolute atomic E-state index is 0.292. The Hall–Kier alpha value is -1.89. The fourth-order valence-corrected chi connectivity index (χ4v) is 3.56. The largest absolute Gasteiger partial charge is 0.324 e. The lowest BCUT2D eigenvalue weighted by Gasteiger charge is -2.26. The number of nitrogens with one attached hydrogen (secondary N) is 1. The molecule has 0 spiro atoms. The minimum atomic E-state index is -3.57. The molecule has 0 saturated heterocycles. The van der Waals surface area contributed by atoms with Gasteiger partial charge in [0.1, 0.15) is 0 Å². The molecule has 128 valence electrons. The molecule has 0 aromatic heterocycles. The SMILES string of the molecule is CC(c1ccccc1)N(CC(=O)Nc1ccccc1Cl)S(C)(=O)=O. The van der Waals surface area contributed by atoms with Crippen LogP contribution in [0.3, 0.4) is 0 Å². The highest BCUT2D eigenvalue weighted by atomic mass is 35.5. The molecule has 0 saturated carbocycles. The molecule has 0 radical (unpaired) electrons. The predicted molar refractivity (Wildman–Crippen MR) is 96.5 cm³/mol. The Morgan fingerprint density at radius 2 is 1.71 bits per heavy atom. The summed E-state index contributed by atoms with van der Waals surface area (Å²) < 4.78 is 25.4. The Labute approximate surface area is 147 Å². The summed E-state index contributed by atoms with van der Waals surface area (Å²) in [4.78, 5) is 12.3. The molecule has 1 amide bonds. The summed E-state index contributed by atoms with van der Waals surface area (Å²) >= 11 is 6.01. The summed E-state index contributed by atoms with van der Waals surface area (Å²) in [7, 11) is -3.57. The molecule has 0 bridgehead atoms. The number of amides is 1. The van der Waals surface area contributed by atoms with Crippen LogP contribution in [0.2, 0.25) is 5.02 Å². The Morgan fingerprint density at radius 3 is 2.29 bits per heavy atom. The fourth-order valence-electron chi connectivity index (χ4n) is 2.33. The van der Waals surface area contributed by atoms with Crippen LogP contribution in [0.15, 0.2) is 54.6 Å². The van der Waals surface area contributed by atoms with Gasteiger partial charge in [0.05, 0.1) is 23.5 Å². The number of sulfonamides is 1. The highest BCUT2D eigenvalue weighted by Crippen LogP contribution is 2.24. The number of halogens is 1. The van der Waals surface area contributed by atoms with Crippen LogP contribution in [0.5, 0.6) is 0 Å².